The van der Waals surface area contributed by atoms with E-state index >= 15 is 0 Å². The van der Waals surface area contributed by atoms with Crippen molar-refractivity contribution in [2.75, 3.05) is 13.7 Å². The summed E-state index contributed by atoms with van der Waals surface area (Å²) in [6, 6.07) is 7.17. The Hall–Kier alpha value is -2.24. The van der Waals surface area contributed by atoms with Crippen molar-refractivity contribution in [1.29, 1.82) is 0 Å². The molecule has 0 radical (unpaired) electrons. The summed E-state index contributed by atoms with van der Waals surface area (Å²) in [4.78, 5) is 23.5. The molecule has 134 valence electrons. The second kappa shape index (κ2) is 9.80. The summed E-state index contributed by atoms with van der Waals surface area (Å²) in [7, 11) is 1.62. The zero-order chi connectivity index (χ0) is 18.1. The highest BCUT2D eigenvalue weighted by molar-refractivity contribution is 5.76. The summed E-state index contributed by atoms with van der Waals surface area (Å²) in [6.07, 6.45) is 0.00670. The third kappa shape index (κ3) is 6.89. The number of amides is 2. The maximum Gasteiger partial charge on any atom is 0.315 e. The molecule has 0 fully saturated rings. The summed E-state index contributed by atoms with van der Waals surface area (Å²) >= 11 is 0. The Morgan fingerprint density at radius 1 is 1.08 bits per heavy atom. The first kappa shape index (κ1) is 19.8. The van der Waals surface area contributed by atoms with Crippen LogP contribution in [0.4, 0.5) is 4.79 Å². The van der Waals surface area contributed by atoms with Crippen LogP contribution < -0.4 is 15.4 Å². The highest BCUT2D eigenvalue weighted by Crippen LogP contribution is 2.23. The lowest BCUT2D eigenvalue weighted by Crippen LogP contribution is -2.40. The van der Waals surface area contributed by atoms with Crippen LogP contribution in [0.15, 0.2) is 24.3 Å². The molecular formula is C18H28N2O4. The van der Waals surface area contributed by atoms with Crippen LogP contribution in [0.25, 0.3) is 0 Å². The Labute approximate surface area is 143 Å². The Balaban J connectivity index is 2.52. The van der Waals surface area contributed by atoms with Crippen LogP contribution in [-0.4, -0.2) is 31.8 Å². The van der Waals surface area contributed by atoms with Crippen molar-refractivity contribution in [1.82, 2.24) is 10.6 Å². The second-order valence-corrected chi connectivity index (χ2v) is 6.18. The Morgan fingerprint density at radius 3 is 2.21 bits per heavy atom. The molecule has 0 aromatic heterocycles. The van der Waals surface area contributed by atoms with Gasteiger partial charge in [-0.2, -0.15) is 0 Å². The number of hydrogen-bond donors (Lipinski definition) is 2. The monoisotopic (exact) mass is 336 g/mol. The van der Waals surface area contributed by atoms with Gasteiger partial charge in [0.1, 0.15) is 5.75 Å². The summed E-state index contributed by atoms with van der Waals surface area (Å²) in [5, 5.41) is 5.63. The van der Waals surface area contributed by atoms with Crippen molar-refractivity contribution in [3.63, 3.8) is 0 Å². The summed E-state index contributed by atoms with van der Waals surface area (Å²) < 4.78 is 10.2. The number of esters is 1. The average Bonchev–Trinajstić information content (AvgIpc) is 2.51. The van der Waals surface area contributed by atoms with E-state index in [1.54, 1.807) is 21.0 Å². The van der Waals surface area contributed by atoms with Gasteiger partial charge >= 0.3 is 12.0 Å². The van der Waals surface area contributed by atoms with Crippen LogP contribution in [0.2, 0.25) is 0 Å². The number of ether oxygens (including phenoxy) is 2. The van der Waals surface area contributed by atoms with Gasteiger partial charge in [-0.1, -0.05) is 26.0 Å². The molecule has 0 aliphatic carbocycles. The van der Waals surface area contributed by atoms with Crippen LogP contribution in [-0.2, 0) is 9.53 Å². The standard InChI is InChI=1S/C18H28N2O4/c1-12(2)17(14-6-8-15(23-5)9-7-14)20-18(22)19-11-10-16(21)24-13(3)4/h6-9,12-13,17H,10-11H2,1-5H3,(H2,19,20,22). The van der Waals surface area contributed by atoms with E-state index < -0.39 is 0 Å². The van der Waals surface area contributed by atoms with E-state index in [9.17, 15) is 9.59 Å². The molecule has 2 N–H and O–H groups in total. The number of carbonyl (C=O) groups excluding carboxylic acids is 2. The lowest BCUT2D eigenvalue weighted by Gasteiger charge is -2.23. The number of carbonyl (C=O) groups is 2. The van der Waals surface area contributed by atoms with E-state index in [1.807, 2.05) is 38.1 Å². The molecule has 1 rings (SSSR count). The molecule has 0 saturated carbocycles. The van der Waals surface area contributed by atoms with E-state index in [1.165, 1.54) is 0 Å². The largest absolute Gasteiger partial charge is 0.497 e. The number of hydrogen-bond acceptors (Lipinski definition) is 4. The van der Waals surface area contributed by atoms with Crippen molar-refractivity contribution in [3.05, 3.63) is 29.8 Å². The zero-order valence-electron chi connectivity index (χ0n) is 15.1. The molecule has 2 amide bonds. The lowest BCUT2D eigenvalue weighted by atomic mass is 9.96. The van der Waals surface area contributed by atoms with Gasteiger partial charge in [0.2, 0.25) is 0 Å². The summed E-state index contributed by atoms with van der Waals surface area (Å²) in [5.41, 5.74) is 1.00. The predicted octanol–water partition coefficient (Wildman–Crippen LogP) is 3.03. The molecule has 6 heteroatoms. The first-order valence-electron chi connectivity index (χ1n) is 8.21. The highest BCUT2D eigenvalue weighted by Gasteiger charge is 2.18. The highest BCUT2D eigenvalue weighted by atomic mass is 16.5. The van der Waals surface area contributed by atoms with Crippen molar-refractivity contribution >= 4 is 12.0 Å². The van der Waals surface area contributed by atoms with Crippen molar-refractivity contribution in [2.24, 2.45) is 5.92 Å². The third-order valence-electron chi connectivity index (χ3n) is 3.41. The molecule has 0 aliphatic heterocycles. The molecular weight excluding hydrogens is 308 g/mol. The molecule has 0 spiro atoms. The van der Waals surface area contributed by atoms with E-state index in [4.69, 9.17) is 9.47 Å². The molecule has 0 heterocycles. The second-order valence-electron chi connectivity index (χ2n) is 6.18. The number of methoxy groups -OCH3 is 1. The molecule has 0 aliphatic rings. The van der Waals surface area contributed by atoms with Gasteiger partial charge in [0, 0.05) is 6.54 Å². The molecule has 1 atom stereocenters. The van der Waals surface area contributed by atoms with Gasteiger partial charge in [-0.3, -0.25) is 4.79 Å². The maximum absolute atomic E-state index is 12.1. The van der Waals surface area contributed by atoms with Gasteiger partial charge < -0.3 is 20.1 Å². The molecule has 1 aromatic rings. The van der Waals surface area contributed by atoms with E-state index in [0.29, 0.717) is 0 Å². The normalized spacial score (nSPS) is 12.0. The Kier molecular flexibility index (Phi) is 8.09. The number of nitrogens with one attached hydrogen (secondary N) is 2. The molecule has 1 unspecified atom stereocenters. The van der Waals surface area contributed by atoms with Gasteiger partial charge in [0.15, 0.2) is 0 Å². The summed E-state index contributed by atoms with van der Waals surface area (Å²) in [6.45, 7) is 7.90. The first-order valence-corrected chi connectivity index (χ1v) is 8.21. The van der Waals surface area contributed by atoms with Crippen molar-refractivity contribution in [2.45, 2.75) is 46.3 Å². The van der Waals surface area contributed by atoms with Crippen LogP contribution in [0.5, 0.6) is 5.75 Å². The fraction of sp³-hybridized carbons (Fsp3) is 0.556. The lowest BCUT2D eigenvalue weighted by molar-refractivity contribution is -0.147. The number of urea groups is 1. The van der Waals surface area contributed by atoms with Crippen LogP contribution in [0, 0.1) is 5.92 Å². The average molecular weight is 336 g/mol. The summed E-state index contributed by atoms with van der Waals surface area (Å²) in [5.74, 6) is 0.672. The molecule has 6 nitrogen and oxygen atoms in total. The van der Waals surface area contributed by atoms with Crippen molar-refractivity contribution in [3.8, 4) is 5.75 Å². The van der Waals surface area contributed by atoms with Crippen LogP contribution in [0.1, 0.15) is 45.7 Å². The minimum absolute atomic E-state index is 0.126. The smallest absolute Gasteiger partial charge is 0.315 e. The van der Waals surface area contributed by atoms with Crippen molar-refractivity contribution < 1.29 is 19.1 Å². The Morgan fingerprint density at radius 2 is 1.71 bits per heavy atom. The number of rotatable bonds is 8. The first-order chi connectivity index (χ1) is 11.3. The topological polar surface area (TPSA) is 76.7 Å². The van der Waals surface area contributed by atoms with Gasteiger partial charge in [-0.05, 0) is 37.5 Å². The zero-order valence-corrected chi connectivity index (χ0v) is 15.1. The fourth-order valence-electron chi connectivity index (χ4n) is 2.24. The van der Waals surface area contributed by atoms with Crippen LogP contribution in [0.3, 0.4) is 0 Å². The quantitative estimate of drug-likeness (QED) is 0.715. The third-order valence-corrected chi connectivity index (χ3v) is 3.41. The van der Waals surface area contributed by atoms with E-state index in [-0.39, 0.29) is 43.0 Å². The van der Waals surface area contributed by atoms with Crippen LogP contribution >= 0.6 is 0 Å². The SMILES string of the molecule is COc1ccc(C(NC(=O)NCCC(=O)OC(C)C)C(C)C)cc1. The minimum Gasteiger partial charge on any atom is -0.497 e. The number of benzene rings is 1. The van der Waals surface area contributed by atoms with Gasteiger partial charge in [0.25, 0.3) is 0 Å². The van der Waals surface area contributed by atoms with Gasteiger partial charge in [-0.15, -0.1) is 0 Å². The Bertz CT molecular complexity index is 526. The fourth-order valence-corrected chi connectivity index (χ4v) is 2.24. The predicted molar refractivity (Wildman–Crippen MR) is 93.0 cm³/mol. The molecule has 0 saturated heterocycles. The maximum atomic E-state index is 12.1. The van der Waals surface area contributed by atoms with Gasteiger partial charge in [0.05, 0.1) is 25.7 Å². The molecule has 0 bridgehead atoms. The minimum atomic E-state index is -0.319. The van der Waals surface area contributed by atoms with Gasteiger partial charge in [-0.25, -0.2) is 4.79 Å². The van der Waals surface area contributed by atoms with E-state index in [0.717, 1.165) is 11.3 Å². The van der Waals surface area contributed by atoms with E-state index in [2.05, 4.69) is 10.6 Å². The molecule has 1 aromatic carbocycles. The molecule has 24 heavy (non-hydrogen) atoms.